The Morgan fingerprint density at radius 2 is 2.18 bits per heavy atom. The van der Waals surface area contributed by atoms with Crippen LogP contribution >= 0.6 is 0 Å². The van der Waals surface area contributed by atoms with Gasteiger partial charge in [-0.3, -0.25) is 0 Å². The van der Waals surface area contributed by atoms with E-state index in [9.17, 15) is 0 Å². The highest BCUT2D eigenvalue weighted by atomic mass is 15.3. The van der Waals surface area contributed by atoms with Crippen molar-refractivity contribution in [3.63, 3.8) is 0 Å². The molecule has 11 heavy (non-hydrogen) atoms. The first-order valence-electron chi connectivity index (χ1n) is 4.11. The normalized spacial score (nSPS) is 9.09. The Morgan fingerprint density at radius 1 is 1.45 bits per heavy atom. The number of nitrogens with one attached hydrogen (secondary N) is 1. The van der Waals surface area contributed by atoms with Gasteiger partial charge >= 0.3 is 0 Å². The maximum atomic E-state index is 3.81. The molecule has 0 unspecified atom stereocenters. The third-order valence-corrected chi connectivity index (χ3v) is 1.19. The molecule has 0 saturated carbocycles. The van der Waals surface area contributed by atoms with Crippen molar-refractivity contribution in [2.75, 3.05) is 13.1 Å². The molecular formula is C8H17N3. The summed E-state index contributed by atoms with van der Waals surface area (Å²) in [6.07, 6.45) is 1.14. The molecule has 0 aromatic rings. The molecule has 0 aliphatic heterocycles. The van der Waals surface area contributed by atoms with Crippen molar-refractivity contribution >= 4 is 6.01 Å². The minimum atomic E-state index is 0.723. The van der Waals surface area contributed by atoms with Crippen molar-refractivity contribution in [3.05, 3.63) is 0 Å². The summed E-state index contributed by atoms with van der Waals surface area (Å²) in [6.45, 7) is 7.98. The minimum Gasteiger partial charge on any atom is -0.301 e. The van der Waals surface area contributed by atoms with Crippen molar-refractivity contribution in [3.8, 4) is 0 Å². The van der Waals surface area contributed by atoms with E-state index in [1.165, 1.54) is 0 Å². The summed E-state index contributed by atoms with van der Waals surface area (Å²) in [5, 5.41) is 3.77. The van der Waals surface area contributed by atoms with Crippen LogP contribution in [0.1, 0.15) is 27.2 Å². The van der Waals surface area contributed by atoms with Crippen LogP contribution in [0, 0.1) is 5.92 Å². The van der Waals surface area contributed by atoms with Crippen LogP contribution in [0.5, 0.6) is 0 Å². The van der Waals surface area contributed by atoms with Crippen molar-refractivity contribution in [2.45, 2.75) is 27.2 Å². The number of hydrogen-bond acceptors (Lipinski definition) is 3. The zero-order valence-corrected chi connectivity index (χ0v) is 7.59. The summed E-state index contributed by atoms with van der Waals surface area (Å²) >= 11 is 0. The number of hydrazone groups is 1. The molecule has 0 aromatic carbocycles. The standard InChI is InChI=1S/C8H17N3/c1-4-9-7-11-10-6-5-8(2)3/h8,10H,4-6H2,1-3H3. The average molecular weight is 155 g/mol. The van der Waals surface area contributed by atoms with E-state index in [-0.39, 0.29) is 0 Å². The van der Waals surface area contributed by atoms with Crippen molar-refractivity contribution in [1.29, 1.82) is 0 Å². The molecule has 0 radical (unpaired) electrons. The Morgan fingerprint density at radius 3 is 2.73 bits per heavy atom. The summed E-state index contributed by atoms with van der Waals surface area (Å²) in [5.74, 6) is 0.723. The van der Waals surface area contributed by atoms with Crippen LogP contribution in [0.4, 0.5) is 0 Å². The van der Waals surface area contributed by atoms with Gasteiger partial charge in [0.05, 0.1) is 0 Å². The molecule has 1 N–H and O–H groups in total. The summed E-state index contributed by atoms with van der Waals surface area (Å²) < 4.78 is 0. The Balaban J connectivity index is 3.20. The molecule has 0 saturated heterocycles. The van der Waals surface area contributed by atoms with Crippen LogP contribution in [0.15, 0.2) is 10.1 Å². The number of rotatable bonds is 5. The van der Waals surface area contributed by atoms with Gasteiger partial charge in [-0.2, -0.15) is 0 Å². The van der Waals surface area contributed by atoms with Gasteiger partial charge in [-0.15, -0.1) is 5.10 Å². The number of nitrogens with zero attached hydrogens (tertiary/aromatic N) is 2. The van der Waals surface area contributed by atoms with E-state index in [0.29, 0.717) is 0 Å². The van der Waals surface area contributed by atoms with Crippen molar-refractivity contribution in [1.82, 2.24) is 5.43 Å². The lowest BCUT2D eigenvalue weighted by Gasteiger charge is -2.00. The quantitative estimate of drug-likeness (QED) is 0.366. The van der Waals surface area contributed by atoms with Crippen LogP contribution in [-0.2, 0) is 0 Å². The molecule has 0 aliphatic carbocycles. The summed E-state index contributed by atoms with van der Waals surface area (Å²) in [7, 11) is 0. The molecule has 0 bridgehead atoms. The van der Waals surface area contributed by atoms with E-state index in [2.05, 4.69) is 35.4 Å². The van der Waals surface area contributed by atoms with Crippen LogP contribution < -0.4 is 5.43 Å². The zero-order chi connectivity index (χ0) is 8.53. The predicted molar refractivity (Wildman–Crippen MR) is 47.9 cm³/mol. The second kappa shape index (κ2) is 7.29. The highest BCUT2D eigenvalue weighted by Crippen LogP contribution is 1.95. The van der Waals surface area contributed by atoms with Crippen LogP contribution in [0.2, 0.25) is 0 Å². The molecule has 0 aliphatic rings. The maximum Gasteiger partial charge on any atom is 0.114 e. The zero-order valence-electron chi connectivity index (χ0n) is 7.59. The molecule has 0 rings (SSSR count). The Labute approximate surface area is 68.6 Å². The molecule has 0 amide bonds. The molecule has 0 heterocycles. The first kappa shape index (κ1) is 10.2. The third kappa shape index (κ3) is 9.18. The fraction of sp³-hybridized carbons (Fsp3) is 0.875. The van der Waals surface area contributed by atoms with Gasteiger partial charge < -0.3 is 5.43 Å². The van der Waals surface area contributed by atoms with E-state index in [0.717, 1.165) is 25.4 Å². The van der Waals surface area contributed by atoms with E-state index in [1.807, 2.05) is 6.92 Å². The summed E-state index contributed by atoms with van der Waals surface area (Å²) in [4.78, 5) is 3.81. The monoisotopic (exact) mass is 155 g/mol. The maximum absolute atomic E-state index is 3.81. The number of aliphatic imine (C=N–C) groups is 1. The Kier molecular flexibility index (Phi) is 6.75. The SMILES string of the molecule is CCN=C=NNCCC(C)C. The lowest BCUT2D eigenvalue weighted by molar-refractivity contribution is 0.549. The topological polar surface area (TPSA) is 36.8 Å². The van der Waals surface area contributed by atoms with Crippen LogP contribution in [0.3, 0.4) is 0 Å². The minimum absolute atomic E-state index is 0.723. The lowest BCUT2D eigenvalue weighted by atomic mass is 10.1. The van der Waals surface area contributed by atoms with Gasteiger partial charge in [0.1, 0.15) is 6.01 Å². The van der Waals surface area contributed by atoms with Crippen LogP contribution in [0.25, 0.3) is 0 Å². The van der Waals surface area contributed by atoms with Gasteiger partial charge in [-0.05, 0) is 19.3 Å². The molecule has 0 spiro atoms. The molecule has 0 aromatic heterocycles. The van der Waals surface area contributed by atoms with Crippen molar-refractivity contribution < 1.29 is 0 Å². The van der Waals surface area contributed by atoms with Crippen molar-refractivity contribution in [2.24, 2.45) is 16.0 Å². The molecule has 0 fully saturated rings. The van der Waals surface area contributed by atoms with Gasteiger partial charge in [-0.1, -0.05) is 13.8 Å². The Hall–Kier alpha value is -0.820. The van der Waals surface area contributed by atoms with Gasteiger partial charge in [0.15, 0.2) is 0 Å². The molecule has 64 valence electrons. The fourth-order valence-electron chi connectivity index (χ4n) is 0.551. The number of hydrogen-bond donors (Lipinski definition) is 1. The largest absolute Gasteiger partial charge is 0.301 e. The highest BCUT2D eigenvalue weighted by molar-refractivity contribution is 5.40. The van der Waals surface area contributed by atoms with Gasteiger partial charge in [0, 0.05) is 13.1 Å². The van der Waals surface area contributed by atoms with Crippen LogP contribution in [-0.4, -0.2) is 19.1 Å². The molecule has 3 heteroatoms. The van der Waals surface area contributed by atoms with E-state index in [1.54, 1.807) is 0 Å². The van der Waals surface area contributed by atoms with Gasteiger partial charge in [-0.25, -0.2) is 4.99 Å². The second-order valence-corrected chi connectivity index (χ2v) is 2.78. The van der Waals surface area contributed by atoms with Gasteiger partial charge in [0.2, 0.25) is 0 Å². The smallest absolute Gasteiger partial charge is 0.114 e. The molecule has 0 atom stereocenters. The highest BCUT2D eigenvalue weighted by Gasteiger charge is 1.89. The predicted octanol–water partition coefficient (Wildman–Crippen LogP) is 1.73. The van der Waals surface area contributed by atoms with E-state index in [4.69, 9.17) is 0 Å². The molecular weight excluding hydrogens is 138 g/mol. The fourth-order valence-corrected chi connectivity index (χ4v) is 0.551. The average Bonchev–Trinajstić information content (AvgIpc) is 1.96. The third-order valence-electron chi connectivity index (χ3n) is 1.19. The second-order valence-electron chi connectivity index (χ2n) is 2.78. The lowest BCUT2D eigenvalue weighted by Crippen LogP contribution is -2.09. The summed E-state index contributed by atoms with van der Waals surface area (Å²) in [6, 6.07) is 2.55. The van der Waals surface area contributed by atoms with E-state index >= 15 is 0 Å². The van der Waals surface area contributed by atoms with E-state index < -0.39 is 0 Å². The first-order chi connectivity index (χ1) is 5.27. The molecule has 3 nitrogen and oxygen atoms in total. The first-order valence-corrected chi connectivity index (χ1v) is 4.11. The van der Waals surface area contributed by atoms with Gasteiger partial charge in [0.25, 0.3) is 0 Å². The summed E-state index contributed by atoms with van der Waals surface area (Å²) in [5.41, 5.74) is 2.87. The Bertz CT molecular complexity index is 134.